The largest absolute Gasteiger partial charge is 0.480 e. The fraction of sp³-hybridized carbons (Fsp3) is 0.700. The first-order valence-corrected chi connectivity index (χ1v) is 32.9. The number of aliphatic hydroxyl groups is 1. The summed E-state index contributed by atoms with van der Waals surface area (Å²) < 4.78 is 0. The lowest BCUT2D eigenvalue weighted by Crippen LogP contribution is -2.61. The number of hydrogen-bond donors (Lipinski definition) is 18. The highest BCUT2D eigenvalue weighted by Gasteiger charge is 2.35. The maximum absolute atomic E-state index is 14.6. The molecule has 0 aromatic heterocycles. The Kier molecular flexibility index (Phi) is 42.3. The van der Waals surface area contributed by atoms with Gasteiger partial charge in [0, 0.05) is 6.42 Å². The second kappa shape index (κ2) is 46.9. The lowest BCUT2D eigenvalue weighted by atomic mass is 9.98. The topological polar surface area (TPSA) is 508 Å². The van der Waals surface area contributed by atoms with Gasteiger partial charge in [0.15, 0.2) is 0 Å². The highest BCUT2D eigenvalue weighted by molar-refractivity contribution is 7.98. The molecule has 0 fully saturated rings. The summed E-state index contributed by atoms with van der Waals surface area (Å²) in [5.41, 5.74) is 29.3. The van der Waals surface area contributed by atoms with E-state index in [4.69, 9.17) is 28.7 Å². The van der Waals surface area contributed by atoms with Crippen molar-refractivity contribution >= 4 is 82.7 Å². The Morgan fingerprint density at radius 2 is 0.879 bits per heavy atom. The number of carbonyl (C=O) groups is 12. The number of unbranched alkanes of at least 4 members (excludes halogenated alkanes) is 4. The van der Waals surface area contributed by atoms with Gasteiger partial charge in [-0.25, -0.2) is 4.79 Å². The van der Waals surface area contributed by atoms with E-state index in [1.54, 1.807) is 58.0 Å². The molecule has 0 aliphatic heterocycles. The van der Waals surface area contributed by atoms with Crippen molar-refractivity contribution in [2.75, 3.05) is 57.9 Å². The van der Waals surface area contributed by atoms with E-state index in [-0.39, 0.29) is 64.1 Å². The van der Waals surface area contributed by atoms with Crippen molar-refractivity contribution < 1.29 is 67.7 Å². The SMILES string of the molecule is CCC(C)C(NC(=O)CNC(=O)C(N)CCSC)C(=O)NCC(=O)NC(CCCCN)C(=O)NC(Cc1ccccc1)C(=O)NC(CC(C)C)C(=O)NC(CCCCN)C(=O)NC(CO)C(=O)NC(C)C(=O)NC(CCCCN)C(=O)NC(CCCCN)C(=O)O. The predicted molar refractivity (Wildman–Crippen MR) is 345 cm³/mol. The van der Waals surface area contributed by atoms with Crippen LogP contribution in [0.2, 0.25) is 0 Å². The van der Waals surface area contributed by atoms with Crippen LogP contribution in [0.15, 0.2) is 30.3 Å². The molecule has 1 rings (SSSR count). The molecule has 11 unspecified atom stereocenters. The molecule has 0 bridgehead atoms. The molecule has 91 heavy (non-hydrogen) atoms. The van der Waals surface area contributed by atoms with Crippen LogP contribution in [-0.4, -0.2) is 199 Å². The van der Waals surface area contributed by atoms with Crippen molar-refractivity contribution in [3.05, 3.63) is 35.9 Å². The Hall–Kier alpha value is -7.03. The molecule has 0 aliphatic rings. The fourth-order valence-corrected chi connectivity index (χ4v) is 9.64. The van der Waals surface area contributed by atoms with E-state index in [0.717, 1.165) is 0 Å². The lowest BCUT2D eigenvalue weighted by Gasteiger charge is -2.28. The number of carboxylic acid groups (broad SMARTS) is 1. The van der Waals surface area contributed by atoms with Gasteiger partial charge in [-0.3, -0.25) is 52.7 Å². The molecule has 0 heterocycles. The smallest absolute Gasteiger partial charge is 0.326 e. The van der Waals surface area contributed by atoms with E-state index in [0.29, 0.717) is 82.1 Å². The van der Waals surface area contributed by atoms with E-state index < -0.39 is 157 Å². The van der Waals surface area contributed by atoms with Gasteiger partial charge < -0.3 is 97.4 Å². The van der Waals surface area contributed by atoms with Crippen molar-refractivity contribution in [1.82, 2.24) is 58.5 Å². The molecule has 23 N–H and O–H groups in total. The quantitative estimate of drug-likeness (QED) is 0.0283. The Bertz CT molecular complexity index is 2430. The standard InChI is InChI=1S/C60H106N16O14S/c1-7-37(4)50(76-49(79)34-66-52(81)40(65)25-30-91-6)59(88)67-33-48(78)69-41(21-11-15-26-61)53(82)74-46(32-39-19-9-8-10-20-39)57(86)73-45(31-36(2)3)56(85)71-43(23-13-17-28-63)55(84)75-47(35-77)58(87)68-38(5)51(80)70-42(22-12-16-27-62)54(83)72-44(60(89)90)24-14-18-29-64/h8-10,19-20,36-38,40-47,50,77H,7,11-18,21-35,61-65H2,1-6H3,(H,66,81)(H,67,88)(H,68,87)(H,69,78)(H,70,80)(H,71,85)(H,72,83)(H,73,86)(H,74,82)(H,75,84)(H,76,79)(H,89,90). The van der Waals surface area contributed by atoms with Crippen LogP contribution in [0.25, 0.3) is 0 Å². The van der Waals surface area contributed by atoms with Gasteiger partial charge in [-0.1, -0.05) is 64.4 Å². The van der Waals surface area contributed by atoms with Crippen molar-refractivity contribution in [3.8, 4) is 0 Å². The Morgan fingerprint density at radius 1 is 0.473 bits per heavy atom. The summed E-state index contributed by atoms with van der Waals surface area (Å²) in [4.78, 5) is 162. The zero-order chi connectivity index (χ0) is 68.4. The van der Waals surface area contributed by atoms with Crippen LogP contribution in [0.3, 0.4) is 0 Å². The Labute approximate surface area is 539 Å². The number of nitrogens with two attached hydrogens (primary N) is 5. The highest BCUT2D eigenvalue weighted by atomic mass is 32.2. The first kappa shape index (κ1) is 82.0. The van der Waals surface area contributed by atoms with E-state index >= 15 is 0 Å². The van der Waals surface area contributed by atoms with Crippen LogP contribution in [0, 0.1) is 11.8 Å². The zero-order valence-electron chi connectivity index (χ0n) is 53.9. The summed E-state index contributed by atoms with van der Waals surface area (Å²) in [6.45, 7) is 7.47. The lowest BCUT2D eigenvalue weighted by molar-refractivity contribution is -0.142. The number of benzene rings is 1. The van der Waals surface area contributed by atoms with Gasteiger partial charge >= 0.3 is 5.97 Å². The van der Waals surface area contributed by atoms with Crippen molar-refractivity contribution in [2.24, 2.45) is 40.5 Å². The van der Waals surface area contributed by atoms with E-state index in [1.165, 1.54) is 18.7 Å². The molecule has 11 atom stereocenters. The average Bonchev–Trinajstić information content (AvgIpc) is 1.58. The number of thioether (sulfide) groups is 1. The maximum atomic E-state index is 14.6. The van der Waals surface area contributed by atoms with E-state index in [9.17, 15) is 67.7 Å². The van der Waals surface area contributed by atoms with Gasteiger partial charge in [0.2, 0.25) is 65.0 Å². The van der Waals surface area contributed by atoms with Gasteiger partial charge in [0.1, 0.15) is 54.4 Å². The number of hydrogen-bond acceptors (Lipinski definition) is 19. The second-order valence-electron chi connectivity index (χ2n) is 22.9. The fourth-order valence-electron chi connectivity index (χ4n) is 9.15. The summed E-state index contributed by atoms with van der Waals surface area (Å²) in [5, 5.41) is 48.4. The molecule has 516 valence electrons. The molecule has 0 radical (unpaired) electrons. The number of carbonyl (C=O) groups excluding carboxylic acids is 11. The van der Waals surface area contributed by atoms with Crippen molar-refractivity contribution in [1.29, 1.82) is 0 Å². The van der Waals surface area contributed by atoms with E-state index in [1.807, 2.05) is 6.26 Å². The minimum absolute atomic E-state index is 0.0165. The zero-order valence-corrected chi connectivity index (χ0v) is 54.7. The van der Waals surface area contributed by atoms with Gasteiger partial charge in [-0.2, -0.15) is 11.8 Å². The third-order valence-corrected chi connectivity index (χ3v) is 15.4. The number of aliphatic carboxylic acids is 1. The number of nitrogens with one attached hydrogen (secondary N) is 11. The maximum Gasteiger partial charge on any atom is 0.326 e. The molecule has 31 heteroatoms. The summed E-state index contributed by atoms with van der Waals surface area (Å²) in [6, 6.07) is -4.10. The summed E-state index contributed by atoms with van der Waals surface area (Å²) in [5.74, 6) is -9.88. The van der Waals surface area contributed by atoms with Crippen LogP contribution in [0.4, 0.5) is 0 Å². The van der Waals surface area contributed by atoms with Crippen LogP contribution in [0.5, 0.6) is 0 Å². The second-order valence-corrected chi connectivity index (χ2v) is 23.9. The van der Waals surface area contributed by atoms with Crippen molar-refractivity contribution in [3.63, 3.8) is 0 Å². The Morgan fingerprint density at radius 3 is 1.35 bits per heavy atom. The van der Waals surface area contributed by atoms with Gasteiger partial charge in [0.05, 0.1) is 25.7 Å². The van der Waals surface area contributed by atoms with Gasteiger partial charge in [-0.15, -0.1) is 0 Å². The Balaban J connectivity index is 3.40. The molecule has 0 aliphatic carbocycles. The third-order valence-electron chi connectivity index (χ3n) is 14.8. The van der Waals surface area contributed by atoms with Gasteiger partial charge in [0.25, 0.3) is 0 Å². The molecule has 0 spiro atoms. The van der Waals surface area contributed by atoms with Crippen LogP contribution < -0.4 is 87.2 Å². The van der Waals surface area contributed by atoms with Crippen molar-refractivity contribution in [2.45, 2.75) is 198 Å². The minimum atomic E-state index is -1.67. The number of carboxylic acids is 1. The summed E-state index contributed by atoms with van der Waals surface area (Å²) in [7, 11) is 0. The molecule has 0 saturated heterocycles. The van der Waals surface area contributed by atoms with Crippen LogP contribution in [-0.2, 0) is 64.0 Å². The minimum Gasteiger partial charge on any atom is -0.480 e. The van der Waals surface area contributed by atoms with E-state index in [2.05, 4.69) is 58.5 Å². The number of rotatable bonds is 49. The molecule has 1 aromatic carbocycles. The summed E-state index contributed by atoms with van der Waals surface area (Å²) >= 11 is 1.52. The highest BCUT2D eigenvalue weighted by Crippen LogP contribution is 2.13. The van der Waals surface area contributed by atoms with Crippen LogP contribution in [0.1, 0.15) is 136 Å². The molecule has 30 nitrogen and oxygen atoms in total. The normalized spacial score (nSPS) is 14.8. The monoisotopic (exact) mass is 1310 g/mol. The predicted octanol–water partition coefficient (Wildman–Crippen LogP) is -3.39. The first-order chi connectivity index (χ1) is 43.3. The molecule has 1 aromatic rings. The summed E-state index contributed by atoms with van der Waals surface area (Å²) in [6.07, 6.45) is 6.26. The number of amides is 11. The van der Waals surface area contributed by atoms with Crippen LogP contribution >= 0.6 is 11.8 Å². The number of aliphatic hydroxyl groups excluding tert-OH is 1. The molecular weight excluding hydrogens is 1200 g/mol. The first-order valence-electron chi connectivity index (χ1n) is 31.5. The van der Waals surface area contributed by atoms with Gasteiger partial charge in [-0.05, 0) is 152 Å². The molecular formula is C60H106N16O14S. The molecule has 11 amide bonds. The average molecular weight is 1310 g/mol. The third kappa shape index (κ3) is 33.7. The molecule has 0 saturated carbocycles.